The van der Waals surface area contributed by atoms with E-state index in [4.69, 9.17) is 23.7 Å². The number of carboxylic acids is 1. The second-order valence-electron chi connectivity index (χ2n) is 5.75. The van der Waals surface area contributed by atoms with Crippen LogP contribution in [0.4, 0.5) is 0 Å². The third-order valence-electron chi connectivity index (χ3n) is 4.04. The molecule has 0 fully saturated rings. The molecule has 1 aromatic heterocycles. The fourth-order valence-electron chi connectivity index (χ4n) is 2.63. The average molecular weight is 370 g/mol. The lowest BCUT2D eigenvalue weighted by Gasteiger charge is -2.15. The maximum atomic E-state index is 12.9. The highest BCUT2D eigenvalue weighted by Crippen LogP contribution is 2.36. The van der Waals surface area contributed by atoms with Crippen molar-refractivity contribution < 1.29 is 28.5 Å². The van der Waals surface area contributed by atoms with E-state index in [1.165, 1.54) is 21.1 Å². The number of methoxy groups -OCH3 is 2. The van der Waals surface area contributed by atoms with Crippen LogP contribution >= 0.6 is 0 Å². The van der Waals surface area contributed by atoms with Crippen molar-refractivity contribution in [2.24, 2.45) is 0 Å². The third kappa shape index (κ3) is 3.44. The van der Waals surface area contributed by atoms with Crippen molar-refractivity contribution in [1.82, 2.24) is 0 Å². The molecule has 0 aliphatic heterocycles. The predicted molar refractivity (Wildman–Crippen MR) is 98.7 cm³/mol. The van der Waals surface area contributed by atoms with Gasteiger partial charge < -0.3 is 23.7 Å². The lowest BCUT2D eigenvalue weighted by molar-refractivity contribution is -0.144. The smallest absolute Gasteiger partial charge is 0.344 e. The average Bonchev–Trinajstić information content (AvgIpc) is 2.69. The number of hydrogen-bond donors (Lipinski definition) is 1. The van der Waals surface area contributed by atoms with Crippen molar-refractivity contribution >= 4 is 16.9 Å². The molecule has 0 radical (unpaired) electrons. The zero-order valence-corrected chi connectivity index (χ0v) is 15.0. The molecule has 140 valence electrons. The molecule has 3 aromatic rings. The molecule has 0 aliphatic carbocycles. The van der Waals surface area contributed by atoms with Gasteiger partial charge in [0.1, 0.15) is 5.58 Å². The van der Waals surface area contributed by atoms with E-state index in [0.717, 1.165) is 0 Å². The first-order chi connectivity index (χ1) is 13.0. The van der Waals surface area contributed by atoms with E-state index in [9.17, 15) is 9.59 Å². The van der Waals surface area contributed by atoms with Crippen molar-refractivity contribution in [3.63, 3.8) is 0 Å². The summed E-state index contributed by atoms with van der Waals surface area (Å²) in [4.78, 5) is 24.1. The molecule has 1 atom stereocenters. The topological polar surface area (TPSA) is 95.2 Å². The lowest BCUT2D eigenvalue weighted by atomic mass is 10.1. The first-order valence-electron chi connectivity index (χ1n) is 8.14. The Morgan fingerprint density at radius 2 is 1.78 bits per heavy atom. The summed E-state index contributed by atoms with van der Waals surface area (Å²) in [5, 5.41) is 9.47. The number of benzene rings is 2. The Hall–Kier alpha value is -3.48. The van der Waals surface area contributed by atoms with Gasteiger partial charge in [-0.2, -0.15) is 0 Å². The lowest BCUT2D eigenvalue weighted by Crippen LogP contribution is -2.26. The molecule has 0 saturated heterocycles. The summed E-state index contributed by atoms with van der Waals surface area (Å²) < 4.78 is 21.9. The summed E-state index contributed by atoms with van der Waals surface area (Å²) in [5.41, 5.74) is 0.403. The Balaban J connectivity index is 2.27. The van der Waals surface area contributed by atoms with Crippen molar-refractivity contribution in [2.75, 3.05) is 14.2 Å². The number of para-hydroxylation sites is 1. The number of rotatable bonds is 6. The summed E-state index contributed by atoms with van der Waals surface area (Å²) in [7, 11) is 3.00. The number of carbonyl (C=O) groups is 1. The predicted octanol–water partition coefficient (Wildman–Crippen LogP) is 3.33. The summed E-state index contributed by atoms with van der Waals surface area (Å²) in [6.07, 6.45) is -1.23. The van der Waals surface area contributed by atoms with Crippen LogP contribution < -0.4 is 19.6 Å². The molecule has 0 aliphatic rings. The summed E-state index contributed by atoms with van der Waals surface area (Å²) >= 11 is 0. The Bertz CT molecular complexity index is 1050. The highest BCUT2D eigenvalue weighted by molar-refractivity contribution is 5.83. The quantitative estimate of drug-likeness (QED) is 0.711. The summed E-state index contributed by atoms with van der Waals surface area (Å²) in [6.45, 7) is 1.34. The van der Waals surface area contributed by atoms with E-state index in [0.29, 0.717) is 28.0 Å². The van der Waals surface area contributed by atoms with Crippen LogP contribution in [0.3, 0.4) is 0 Å². The Morgan fingerprint density at radius 1 is 1.07 bits per heavy atom. The Labute approximate surface area is 154 Å². The SMILES string of the molecule is COc1ccc(-c2oc3ccccc3c(=O)c2O[C@H](C)C(=O)O)cc1OC. The van der Waals surface area contributed by atoms with Crippen LogP contribution in [0.25, 0.3) is 22.3 Å². The van der Waals surface area contributed by atoms with E-state index in [1.807, 2.05) is 0 Å². The van der Waals surface area contributed by atoms with Gasteiger partial charge in [-0.25, -0.2) is 4.79 Å². The third-order valence-corrected chi connectivity index (χ3v) is 4.04. The van der Waals surface area contributed by atoms with Crippen LogP contribution in [0.1, 0.15) is 6.92 Å². The zero-order valence-electron chi connectivity index (χ0n) is 15.0. The van der Waals surface area contributed by atoms with Crippen molar-refractivity contribution in [3.8, 4) is 28.6 Å². The molecule has 0 bridgehead atoms. The number of ether oxygens (including phenoxy) is 3. The van der Waals surface area contributed by atoms with Gasteiger partial charge in [0.05, 0.1) is 19.6 Å². The first kappa shape index (κ1) is 18.3. The van der Waals surface area contributed by atoms with Crippen LogP contribution in [0.5, 0.6) is 17.2 Å². The van der Waals surface area contributed by atoms with Crippen molar-refractivity contribution in [1.29, 1.82) is 0 Å². The van der Waals surface area contributed by atoms with Crippen LogP contribution in [0.2, 0.25) is 0 Å². The second-order valence-corrected chi connectivity index (χ2v) is 5.75. The van der Waals surface area contributed by atoms with E-state index >= 15 is 0 Å². The van der Waals surface area contributed by atoms with Gasteiger partial charge in [0, 0.05) is 5.56 Å². The van der Waals surface area contributed by atoms with Crippen molar-refractivity contribution in [2.45, 2.75) is 13.0 Å². The molecular formula is C20H18O7. The van der Waals surface area contributed by atoms with Gasteiger partial charge in [0.15, 0.2) is 23.4 Å². The van der Waals surface area contributed by atoms with Crippen molar-refractivity contribution in [3.05, 3.63) is 52.7 Å². The van der Waals surface area contributed by atoms with Crippen LogP contribution in [-0.2, 0) is 4.79 Å². The molecule has 27 heavy (non-hydrogen) atoms. The van der Waals surface area contributed by atoms with E-state index in [1.54, 1.807) is 42.5 Å². The zero-order chi connectivity index (χ0) is 19.6. The summed E-state index contributed by atoms with van der Waals surface area (Å²) in [6, 6.07) is 11.7. The monoisotopic (exact) mass is 370 g/mol. The van der Waals surface area contributed by atoms with Crippen LogP contribution in [0.15, 0.2) is 51.7 Å². The number of hydrogen-bond acceptors (Lipinski definition) is 6. The second kappa shape index (κ2) is 7.41. The summed E-state index contributed by atoms with van der Waals surface area (Å²) in [5.74, 6) is -0.307. The van der Waals surface area contributed by atoms with Gasteiger partial charge in [-0.3, -0.25) is 4.79 Å². The first-order valence-corrected chi connectivity index (χ1v) is 8.14. The number of aliphatic carboxylic acids is 1. The maximum absolute atomic E-state index is 12.9. The van der Waals surface area contributed by atoms with Gasteiger partial charge in [0.2, 0.25) is 11.2 Å². The molecular weight excluding hydrogens is 352 g/mol. The van der Waals surface area contributed by atoms with Gasteiger partial charge in [-0.15, -0.1) is 0 Å². The van der Waals surface area contributed by atoms with E-state index in [-0.39, 0.29) is 11.5 Å². The molecule has 0 saturated carbocycles. The fraction of sp³-hybridized carbons (Fsp3) is 0.200. The standard InChI is InChI=1S/C20H18O7/c1-11(20(22)23)26-19-17(21)13-6-4-5-7-14(13)27-18(19)12-8-9-15(24-2)16(10-12)25-3/h4-11H,1-3H3,(H,22,23)/t11-/m1/s1. The normalized spacial score (nSPS) is 11.8. The van der Waals surface area contributed by atoms with Gasteiger partial charge in [-0.05, 0) is 37.3 Å². The van der Waals surface area contributed by atoms with Crippen LogP contribution in [0, 0.1) is 0 Å². The minimum atomic E-state index is -1.23. The minimum Gasteiger partial charge on any atom is -0.493 e. The largest absolute Gasteiger partial charge is 0.493 e. The Morgan fingerprint density at radius 3 is 2.44 bits per heavy atom. The molecule has 0 amide bonds. The highest BCUT2D eigenvalue weighted by Gasteiger charge is 2.23. The Kier molecular flexibility index (Phi) is 5.03. The molecule has 3 rings (SSSR count). The van der Waals surface area contributed by atoms with Gasteiger partial charge in [0.25, 0.3) is 0 Å². The minimum absolute atomic E-state index is 0.118. The molecule has 1 N–H and O–H groups in total. The molecule has 0 unspecified atom stereocenters. The molecule has 2 aromatic carbocycles. The molecule has 0 spiro atoms. The van der Waals surface area contributed by atoms with Gasteiger partial charge >= 0.3 is 5.97 Å². The van der Waals surface area contributed by atoms with E-state index in [2.05, 4.69) is 0 Å². The number of carboxylic acid groups (broad SMARTS) is 1. The maximum Gasteiger partial charge on any atom is 0.344 e. The number of fused-ring (bicyclic) bond motifs is 1. The molecule has 7 nitrogen and oxygen atoms in total. The van der Waals surface area contributed by atoms with Crippen LogP contribution in [-0.4, -0.2) is 31.4 Å². The fourth-order valence-corrected chi connectivity index (χ4v) is 2.63. The van der Waals surface area contributed by atoms with E-state index < -0.39 is 17.5 Å². The highest BCUT2D eigenvalue weighted by atomic mass is 16.5. The van der Waals surface area contributed by atoms with Gasteiger partial charge in [-0.1, -0.05) is 12.1 Å². The molecule has 7 heteroatoms. The molecule has 1 heterocycles.